The molecule has 0 unspecified atom stereocenters. The highest BCUT2D eigenvalue weighted by molar-refractivity contribution is 9.09. The minimum atomic E-state index is -0.952. The number of hydrogen-bond donors (Lipinski definition) is 1. The largest absolute Gasteiger partial charge is 0.478 e. The Kier molecular flexibility index (Phi) is 3.75. The first-order chi connectivity index (χ1) is 6.15. The van der Waals surface area contributed by atoms with Crippen LogP contribution in [0, 0.1) is 0 Å². The summed E-state index contributed by atoms with van der Waals surface area (Å²) in [6.45, 7) is 0. The standard InChI is InChI=1S/C9H8BrClO2/c10-4-3-6-1-2-7(9(12)13)5-8(6)11/h1-2,5H,3-4H2,(H,12,13). The zero-order valence-corrected chi connectivity index (χ0v) is 9.10. The molecule has 0 heterocycles. The van der Waals surface area contributed by atoms with Gasteiger partial charge in [0.15, 0.2) is 0 Å². The van der Waals surface area contributed by atoms with Crippen molar-refractivity contribution in [2.75, 3.05) is 5.33 Å². The van der Waals surface area contributed by atoms with Gasteiger partial charge < -0.3 is 5.11 Å². The number of benzene rings is 1. The number of alkyl halides is 1. The minimum absolute atomic E-state index is 0.225. The van der Waals surface area contributed by atoms with E-state index in [1.165, 1.54) is 6.07 Å². The maximum atomic E-state index is 10.6. The lowest BCUT2D eigenvalue weighted by Crippen LogP contribution is -1.97. The molecule has 70 valence electrons. The van der Waals surface area contributed by atoms with Crippen molar-refractivity contribution in [3.8, 4) is 0 Å². The molecule has 0 bridgehead atoms. The lowest BCUT2D eigenvalue weighted by Gasteiger charge is -2.02. The second kappa shape index (κ2) is 4.63. The van der Waals surface area contributed by atoms with Gasteiger partial charge in [0, 0.05) is 10.4 Å². The number of carboxylic acids is 1. The quantitative estimate of drug-likeness (QED) is 0.851. The molecule has 0 saturated heterocycles. The maximum absolute atomic E-state index is 10.6. The molecule has 0 aromatic heterocycles. The Hall–Kier alpha value is -0.540. The number of hydrogen-bond acceptors (Lipinski definition) is 1. The van der Waals surface area contributed by atoms with Crippen molar-refractivity contribution < 1.29 is 9.90 Å². The molecule has 1 aromatic carbocycles. The fraction of sp³-hybridized carbons (Fsp3) is 0.222. The van der Waals surface area contributed by atoms with Crippen LogP contribution in [0.4, 0.5) is 0 Å². The van der Waals surface area contributed by atoms with Crippen LogP contribution in [0.3, 0.4) is 0 Å². The van der Waals surface area contributed by atoms with Crippen LogP contribution in [-0.2, 0) is 6.42 Å². The summed E-state index contributed by atoms with van der Waals surface area (Å²) < 4.78 is 0. The van der Waals surface area contributed by atoms with E-state index < -0.39 is 5.97 Å². The van der Waals surface area contributed by atoms with Crippen molar-refractivity contribution in [1.82, 2.24) is 0 Å². The molecule has 13 heavy (non-hydrogen) atoms. The summed E-state index contributed by atoms with van der Waals surface area (Å²) in [6, 6.07) is 4.78. The highest BCUT2D eigenvalue weighted by Gasteiger charge is 2.05. The molecule has 0 aliphatic rings. The maximum Gasteiger partial charge on any atom is 0.335 e. The first-order valence-corrected chi connectivity index (χ1v) is 5.22. The van der Waals surface area contributed by atoms with Crippen molar-refractivity contribution in [3.05, 3.63) is 34.3 Å². The monoisotopic (exact) mass is 262 g/mol. The topological polar surface area (TPSA) is 37.3 Å². The second-order valence-electron chi connectivity index (χ2n) is 2.55. The van der Waals surface area contributed by atoms with Crippen molar-refractivity contribution >= 4 is 33.5 Å². The molecule has 0 fully saturated rings. The van der Waals surface area contributed by atoms with Crippen molar-refractivity contribution in [3.63, 3.8) is 0 Å². The van der Waals surface area contributed by atoms with Crippen LogP contribution in [0.25, 0.3) is 0 Å². The summed E-state index contributed by atoms with van der Waals surface area (Å²) in [5.41, 5.74) is 1.19. The van der Waals surface area contributed by atoms with E-state index in [0.29, 0.717) is 5.02 Å². The van der Waals surface area contributed by atoms with Crippen LogP contribution in [0.5, 0.6) is 0 Å². The van der Waals surface area contributed by atoms with Crippen LogP contribution >= 0.6 is 27.5 Å². The summed E-state index contributed by atoms with van der Waals surface area (Å²) in [5.74, 6) is -0.952. The molecule has 0 spiro atoms. The number of carbonyl (C=O) groups is 1. The predicted octanol–water partition coefficient (Wildman–Crippen LogP) is 2.98. The van der Waals surface area contributed by atoms with Gasteiger partial charge in [-0.2, -0.15) is 0 Å². The summed E-state index contributed by atoms with van der Waals surface area (Å²) in [5, 5.41) is 9.99. The Labute approximate surface area is 89.7 Å². The SMILES string of the molecule is O=C(O)c1ccc(CCBr)c(Cl)c1. The lowest BCUT2D eigenvalue weighted by molar-refractivity contribution is 0.0697. The lowest BCUT2D eigenvalue weighted by atomic mass is 10.1. The number of aromatic carboxylic acids is 1. The number of aryl methyl sites for hydroxylation is 1. The van der Waals surface area contributed by atoms with Gasteiger partial charge in [-0.05, 0) is 24.1 Å². The van der Waals surface area contributed by atoms with Crippen LogP contribution in [-0.4, -0.2) is 16.4 Å². The zero-order valence-electron chi connectivity index (χ0n) is 6.76. The van der Waals surface area contributed by atoms with Crippen molar-refractivity contribution in [2.45, 2.75) is 6.42 Å². The summed E-state index contributed by atoms with van der Waals surface area (Å²) in [6.07, 6.45) is 0.804. The van der Waals surface area contributed by atoms with Gasteiger partial charge >= 0.3 is 5.97 Å². The van der Waals surface area contributed by atoms with Gasteiger partial charge in [-0.3, -0.25) is 0 Å². The van der Waals surface area contributed by atoms with Gasteiger partial charge in [0.1, 0.15) is 0 Å². The molecule has 2 nitrogen and oxygen atoms in total. The zero-order chi connectivity index (χ0) is 9.84. The minimum Gasteiger partial charge on any atom is -0.478 e. The molecule has 0 aliphatic carbocycles. The van der Waals surface area contributed by atoms with E-state index in [9.17, 15) is 4.79 Å². The van der Waals surface area contributed by atoms with Crippen LogP contribution < -0.4 is 0 Å². The molecule has 1 rings (SSSR count). The third-order valence-electron chi connectivity index (χ3n) is 1.66. The van der Waals surface area contributed by atoms with E-state index in [1.807, 2.05) is 0 Å². The fourth-order valence-electron chi connectivity index (χ4n) is 0.985. The molecule has 0 atom stereocenters. The first-order valence-electron chi connectivity index (χ1n) is 3.73. The predicted molar refractivity (Wildman–Crippen MR) is 55.9 cm³/mol. The molecule has 0 radical (unpaired) electrons. The van der Waals surface area contributed by atoms with Gasteiger partial charge in [-0.15, -0.1) is 0 Å². The summed E-state index contributed by atoms with van der Waals surface area (Å²) in [4.78, 5) is 10.6. The van der Waals surface area contributed by atoms with Crippen LogP contribution in [0.15, 0.2) is 18.2 Å². The van der Waals surface area contributed by atoms with E-state index >= 15 is 0 Å². The van der Waals surface area contributed by atoms with E-state index in [0.717, 1.165) is 17.3 Å². The molecular weight excluding hydrogens is 255 g/mol. The van der Waals surface area contributed by atoms with E-state index in [2.05, 4.69) is 15.9 Å². The Morgan fingerprint density at radius 1 is 1.54 bits per heavy atom. The third kappa shape index (κ3) is 2.71. The van der Waals surface area contributed by atoms with Gasteiger partial charge in [-0.1, -0.05) is 33.6 Å². The normalized spacial score (nSPS) is 10.0. The molecule has 1 N–H and O–H groups in total. The molecular formula is C9H8BrClO2. The summed E-state index contributed by atoms with van der Waals surface area (Å²) in [7, 11) is 0. The second-order valence-corrected chi connectivity index (χ2v) is 3.75. The number of halogens is 2. The van der Waals surface area contributed by atoms with Crippen LogP contribution in [0.2, 0.25) is 5.02 Å². The number of carboxylic acid groups (broad SMARTS) is 1. The fourth-order valence-corrected chi connectivity index (χ4v) is 1.69. The van der Waals surface area contributed by atoms with Gasteiger partial charge in [-0.25, -0.2) is 4.79 Å². The van der Waals surface area contributed by atoms with Crippen LogP contribution in [0.1, 0.15) is 15.9 Å². The number of rotatable bonds is 3. The van der Waals surface area contributed by atoms with E-state index in [4.69, 9.17) is 16.7 Å². The van der Waals surface area contributed by atoms with Gasteiger partial charge in [0.2, 0.25) is 0 Å². The highest BCUT2D eigenvalue weighted by Crippen LogP contribution is 2.18. The summed E-state index contributed by atoms with van der Waals surface area (Å²) >= 11 is 9.16. The van der Waals surface area contributed by atoms with Gasteiger partial charge in [0.05, 0.1) is 5.56 Å². The smallest absolute Gasteiger partial charge is 0.335 e. The Morgan fingerprint density at radius 2 is 2.23 bits per heavy atom. The molecule has 0 saturated carbocycles. The molecule has 4 heteroatoms. The van der Waals surface area contributed by atoms with E-state index in [-0.39, 0.29) is 5.56 Å². The molecule has 1 aromatic rings. The Bertz CT molecular complexity index is 325. The first kappa shape index (κ1) is 10.5. The van der Waals surface area contributed by atoms with Gasteiger partial charge in [0.25, 0.3) is 0 Å². The third-order valence-corrected chi connectivity index (χ3v) is 2.41. The average Bonchev–Trinajstić information content (AvgIpc) is 2.08. The Balaban J connectivity index is 2.98. The van der Waals surface area contributed by atoms with Crippen molar-refractivity contribution in [2.24, 2.45) is 0 Å². The molecule has 0 amide bonds. The highest BCUT2D eigenvalue weighted by atomic mass is 79.9. The van der Waals surface area contributed by atoms with E-state index in [1.54, 1.807) is 12.1 Å². The molecule has 0 aliphatic heterocycles. The average molecular weight is 264 g/mol. The van der Waals surface area contributed by atoms with Crippen molar-refractivity contribution in [1.29, 1.82) is 0 Å². The Morgan fingerprint density at radius 3 is 2.69 bits per heavy atom.